The molecule has 0 bridgehead atoms. The molecule has 5 rings (SSSR count). The first kappa shape index (κ1) is 20.8. The molecule has 0 radical (unpaired) electrons. The third-order valence-electron chi connectivity index (χ3n) is 5.60. The Bertz CT molecular complexity index is 1280. The van der Waals surface area contributed by atoms with E-state index in [0.29, 0.717) is 23.7 Å². The highest BCUT2D eigenvalue weighted by Crippen LogP contribution is 2.33. The minimum absolute atomic E-state index is 0.0161. The maximum atomic E-state index is 12.8. The van der Waals surface area contributed by atoms with E-state index >= 15 is 0 Å². The molecule has 0 saturated carbocycles. The lowest BCUT2D eigenvalue weighted by molar-refractivity contribution is 0.0747. The van der Waals surface area contributed by atoms with E-state index in [9.17, 15) is 4.79 Å². The molecule has 0 atom stereocenters. The lowest BCUT2D eigenvalue weighted by Crippen LogP contribution is -2.48. The molecule has 4 aromatic rings. The molecule has 32 heavy (non-hydrogen) atoms. The molecule has 7 nitrogen and oxygen atoms in total. The predicted molar refractivity (Wildman–Crippen MR) is 128 cm³/mol. The summed E-state index contributed by atoms with van der Waals surface area (Å²) >= 11 is 7.69. The fourth-order valence-electron chi connectivity index (χ4n) is 3.87. The number of anilines is 1. The average Bonchev–Trinajstić information content (AvgIpc) is 3.39. The van der Waals surface area contributed by atoms with Crippen molar-refractivity contribution in [1.82, 2.24) is 19.7 Å². The van der Waals surface area contributed by atoms with Gasteiger partial charge in [-0.05, 0) is 49.4 Å². The number of amides is 1. The maximum absolute atomic E-state index is 12.8. The van der Waals surface area contributed by atoms with Crippen molar-refractivity contribution >= 4 is 44.3 Å². The van der Waals surface area contributed by atoms with E-state index in [4.69, 9.17) is 21.3 Å². The summed E-state index contributed by atoms with van der Waals surface area (Å²) in [5.74, 6) is 0.820. The van der Waals surface area contributed by atoms with E-state index in [0.717, 1.165) is 45.7 Å². The number of hydrogen-bond donors (Lipinski definition) is 0. The summed E-state index contributed by atoms with van der Waals surface area (Å²) in [7, 11) is 1.65. The Labute approximate surface area is 194 Å². The summed E-state index contributed by atoms with van der Waals surface area (Å²) in [4.78, 5) is 21.8. The number of thiazole rings is 1. The van der Waals surface area contributed by atoms with Crippen LogP contribution < -0.4 is 9.64 Å². The van der Waals surface area contributed by atoms with Crippen LogP contribution in [0.1, 0.15) is 16.1 Å². The van der Waals surface area contributed by atoms with Crippen LogP contribution in [-0.4, -0.2) is 58.9 Å². The molecular weight excluding hydrogens is 446 g/mol. The number of benzene rings is 2. The van der Waals surface area contributed by atoms with E-state index in [2.05, 4.69) is 10.00 Å². The first-order valence-electron chi connectivity index (χ1n) is 10.3. The fourth-order valence-corrected chi connectivity index (χ4v) is 5.10. The Hall–Kier alpha value is -3.10. The van der Waals surface area contributed by atoms with Gasteiger partial charge in [0.25, 0.3) is 5.91 Å². The number of piperazine rings is 1. The van der Waals surface area contributed by atoms with E-state index in [1.807, 2.05) is 46.8 Å². The van der Waals surface area contributed by atoms with E-state index in [1.165, 1.54) is 0 Å². The van der Waals surface area contributed by atoms with Gasteiger partial charge in [-0.2, -0.15) is 10.1 Å². The van der Waals surface area contributed by atoms with Gasteiger partial charge in [0.05, 0.1) is 23.2 Å². The highest BCUT2D eigenvalue weighted by atomic mass is 35.5. The van der Waals surface area contributed by atoms with Gasteiger partial charge in [-0.25, -0.2) is 4.68 Å². The average molecular weight is 468 g/mol. The first-order valence-corrected chi connectivity index (χ1v) is 11.5. The second kappa shape index (κ2) is 8.44. The molecule has 164 valence electrons. The van der Waals surface area contributed by atoms with Crippen LogP contribution in [0.2, 0.25) is 5.02 Å². The molecule has 1 aliphatic heterocycles. The van der Waals surface area contributed by atoms with Gasteiger partial charge >= 0.3 is 0 Å². The molecule has 1 saturated heterocycles. The smallest absolute Gasteiger partial charge is 0.254 e. The number of halogens is 1. The summed E-state index contributed by atoms with van der Waals surface area (Å²) in [5.41, 5.74) is 3.37. The van der Waals surface area contributed by atoms with Gasteiger partial charge in [0.2, 0.25) is 0 Å². The number of methoxy groups -OCH3 is 1. The lowest BCUT2D eigenvalue weighted by Gasteiger charge is -2.34. The molecule has 1 amide bonds. The second-order valence-electron chi connectivity index (χ2n) is 7.63. The molecule has 9 heteroatoms. The van der Waals surface area contributed by atoms with Crippen LogP contribution in [0.15, 0.2) is 48.5 Å². The maximum Gasteiger partial charge on any atom is 0.254 e. The molecule has 0 aliphatic carbocycles. The number of ether oxygens (including phenoxy) is 1. The van der Waals surface area contributed by atoms with Crippen molar-refractivity contribution in [3.05, 3.63) is 64.8 Å². The molecule has 0 spiro atoms. The lowest BCUT2D eigenvalue weighted by atomic mass is 10.2. The minimum Gasteiger partial charge on any atom is -0.497 e. The number of carbonyl (C=O) groups excluding carboxylic acids is 1. The van der Waals surface area contributed by atoms with Crippen LogP contribution in [0.5, 0.6) is 5.75 Å². The zero-order chi connectivity index (χ0) is 22.2. The highest BCUT2D eigenvalue weighted by molar-refractivity contribution is 7.22. The van der Waals surface area contributed by atoms with E-state index in [-0.39, 0.29) is 5.91 Å². The van der Waals surface area contributed by atoms with Crippen LogP contribution in [0.4, 0.5) is 5.13 Å². The monoisotopic (exact) mass is 467 g/mol. The van der Waals surface area contributed by atoms with Crippen molar-refractivity contribution in [3.63, 3.8) is 0 Å². The van der Waals surface area contributed by atoms with Crippen LogP contribution in [0.25, 0.3) is 16.0 Å². The molecule has 2 aromatic heterocycles. The zero-order valence-corrected chi connectivity index (χ0v) is 19.4. The molecule has 1 fully saturated rings. The molecule has 0 unspecified atom stereocenters. The fraction of sp³-hybridized carbons (Fsp3) is 0.261. The van der Waals surface area contributed by atoms with E-state index < -0.39 is 0 Å². The summed E-state index contributed by atoms with van der Waals surface area (Å²) in [5, 5.41) is 6.21. The summed E-state index contributed by atoms with van der Waals surface area (Å²) in [6.45, 7) is 4.76. The number of aromatic nitrogens is 3. The summed E-state index contributed by atoms with van der Waals surface area (Å²) in [6, 6.07) is 14.9. The van der Waals surface area contributed by atoms with Gasteiger partial charge in [-0.3, -0.25) is 4.79 Å². The number of rotatable bonds is 4. The van der Waals surface area contributed by atoms with E-state index in [1.54, 1.807) is 36.6 Å². The molecule has 2 aromatic carbocycles. The Morgan fingerprint density at radius 2 is 1.84 bits per heavy atom. The number of fused-ring (bicyclic) bond motifs is 1. The summed E-state index contributed by atoms with van der Waals surface area (Å²) in [6.07, 6.45) is 0. The van der Waals surface area contributed by atoms with Gasteiger partial charge in [0.1, 0.15) is 5.75 Å². The van der Waals surface area contributed by atoms with Crippen LogP contribution in [-0.2, 0) is 0 Å². The quantitative estimate of drug-likeness (QED) is 0.444. The number of hydrogen-bond acceptors (Lipinski definition) is 6. The SMILES string of the molecule is COc1ccc(-n2nc(C)c3sc(N4CCN(C(=O)c5cccc(Cl)c5)CC4)nc32)cc1. The number of aryl methyl sites for hydroxylation is 1. The Morgan fingerprint density at radius 1 is 1.09 bits per heavy atom. The summed E-state index contributed by atoms with van der Waals surface area (Å²) < 4.78 is 8.21. The van der Waals surface area contributed by atoms with Gasteiger partial charge in [0.15, 0.2) is 10.8 Å². The van der Waals surface area contributed by atoms with Crippen LogP contribution >= 0.6 is 22.9 Å². The van der Waals surface area contributed by atoms with Crippen molar-refractivity contribution in [3.8, 4) is 11.4 Å². The molecule has 1 aliphatic rings. The second-order valence-corrected chi connectivity index (χ2v) is 9.05. The molecular formula is C23H22ClN5O2S. The third-order valence-corrected chi connectivity index (χ3v) is 7.05. The predicted octanol–water partition coefficient (Wildman–Crippen LogP) is 4.41. The van der Waals surface area contributed by atoms with Crippen molar-refractivity contribution < 1.29 is 9.53 Å². The topological polar surface area (TPSA) is 63.5 Å². The number of carbonyl (C=O) groups is 1. The third kappa shape index (κ3) is 3.80. The molecule has 0 N–H and O–H groups in total. The standard InChI is InChI=1S/C23H22ClN5O2S/c1-15-20-21(29(26-15)18-6-8-19(31-2)9-7-18)25-23(32-20)28-12-10-27(11-13-28)22(30)16-4-3-5-17(24)14-16/h3-9,14H,10-13H2,1-2H3. The van der Waals surface area contributed by atoms with Crippen molar-refractivity contribution in [2.24, 2.45) is 0 Å². The molecule has 3 heterocycles. The zero-order valence-electron chi connectivity index (χ0n) is 17.8. The van der Waals surface area contributed by atoms with Crippen molar-refractivity contribution in [2.45, 2.75) is 6.92 Å². The van der Waals surface area contributed by atoms with Gasteiger partial charge in [-0.1, -0.05) is 29.0 Å². The van der Waals surface area contributed by atoms with Crippen LogP contribution in [0.3, 0.4) is 0 Å². The number of nitrogens with zero attached hydrogens (tertiary/aromatic N) is 5. The Kier molecular flexibility index (Phi) is 5.48. The van der Waals surface area contributed by atoms with Gasteiger partial charge in [0, 0.05) is 36.8 Å². The van der Waals surface area contributed by atoms with Crippen LogP contribution in [0, 0.1) is 6.92 Å². The largest absolute Gasteiger partial charge is 0.497 e. The van der Waals surface area contributed by atoms with Gasteiger partial charge < -0.3 is 14.5 Å². The van der Waals surface area contributed by atoms with Crippen molar-refractivity contribution in [1.29, 1.82) is 0 Å². The Balaban J connectivity index is 1.34. The Morgan fingerprint density at radius 3 is 2.53 bits per heavy atom. The minimum atomic E-state index is 0.0161. The normalized spacial score (nSPS) is 14.2. The highest BCUT2D eigenvalue weighted by Gasteiger charge is 2.25. The van der Waals surface area contributed by atoms with Gasteiger partial charge in [-0.15, -0.1) is 0 Å². The van der Waals surface area contributed by atoms with Crippen molar-refractivity contribution in [2.75, 3.05) is 38.2 Å². The first-order chi connectivity index (χ1) is 15.5.